The summed E-state index contributed by atoms with van der Waals surface area (Å²) >= 11 is 8.94. The fourth-order valence-electron chi connectivity index (χ4n) is 2.19. The predicted molar refractivity (Wildman–Crippen MR) is 112 cm³/mol. The Labute approximate surface area is 169 Å². The van der Waals surface area contributed by atoms with Crippen LogP contribution in [0.3, 0.4) is 0 Å². The van der Waals surface area contributed by atoms with Gasteiger partial charge in [-0.3, -0.25) is 15.5 Å². The predicted octanol–water partition coefficient (Wildman–Crippen LogP) is 5.75. The summed E-state index contributed by atoms with van der Waals surface area (Å²) in [6, 6.07) is 12.4. The zero-order valence-corrected chi connectivity index (χ0v) is 16.6. The first-order valence-corrected chi connectivity index (χ1v) is 10.1. The lowest BCUT2D eigenvalue weighted by atomic mass is 10.2. The maximum atomic E-state index is 11.1. The van der Waals surface area contributed by atoms with Gasteiger partial charge in [-0.1, -0.05) is 23.7 Å². The SMILES string of the molecule is Cc1csc(NN=Cc2cc([N+](=O)[O-])ccc2SCc2ccc(Cl)cc2)n1. The normalized spacial score (nSPS) is 11.0. The summed E-state index contributed by atoms with van der Waals surface area (Å²) in [5.41, 5.74) is 5.57. The van der Waals surface area contributed by atoms with E-state index in [-0.39, 0.29) is 5.69 Å². The molecule has 0 amide bonds. The van der Waals surface area contributed by atoms with E-state index in [9.17, 15) is 10.1 Å². The minimum atomic E-state index is -0.414. The van der Waals surface area contributed by atoms with E-state index in [1.54, 1.807) is 24.0 Å². The van der Waals surface area contributed by atoms with E-state index in [4.69, 9.17) is 11.6 Å². The highest BCUT2D eigenvalue weighted by molar-refractivity contribution is 7.98. The van der Waals surface area contributed by atoms with Crippen molar-refractivity contribution in [3.8, 4) is 0 Å². The van der Waals surface area contributed by atoms with Crippen molar-refractivity contribution in [3.63, 3.8) is 0 Å². The molecule has 0 aliphatic rings. The molecule has 3 rings (SSSR count). The molecule has 1 aromatic heterocycles. The third-order valence-corrected chi connectivity index (χ3v) is 5.77. The Bertz CT molecular complexity index is 974. The Kier molecular flexibility index (Phi) is 6.44. The maximum Gasteiger partial charge on any atom is 0.270 e. The summed E-state index contributed by atoms with van der Waals surface area (Å²) in [7, 11) is 0. The van der Waals surface area contributed by atoms with Crippen LogP contribution in [-0.2, 0) is 5.75 Å². The second kappa shape index (κ2) is 8.98. The maximum absolute atomic E-state index is 11.1. The monoisotopic (exact) mass is 418 g/mol. The van der Waals surface area contributed by atoms with Crippen LogP contribution in [0.1, 0.15) is 16.8 Å². The Balaban J connectivity index is 1.77. The molecule has 6 nitrogen and oxygen atoms in total. The second-order valence-corrected chi connectivity index (χ2v) is 7.87. The number of benzene rings is 2. The first kappa shape index (κ1) is 19.3. The van der Waals surface area contributed by atoms with Gasteiger partial charge in [0.15, 0.2) is 0 Å². The summed E-state index contributed by atoms with van der Waals surface area (Å²) in [5.74, 6) is 0.717. The van der Waals surface area contributed by atoms with Crippen LogP contribution in [-0.4, -0.2) is 16.1 Å². The number of aromatic nitrogens is 1. The van der Waals surface area contributed by atoms with Crippen molar-refractivity contribution in [2.24, 2.45) is 5.10 Å². The number of hydrogen-bond acceptors (Lipinski definition) is 7. The van der Waals surface area contributed by atoms with Gasteiger partial charge in [0, 0.05) is 38.7 Å². The fourth-order valence-corrected chi connectivity index (χ4v) is 3.91. The van der Waals surface area contributed by atoms with Crippen molar-refractivity contribution in [2.45, 2.75) is 17.6 Å². The quantitative estimate of drug-likeness (QED) is 0.228. The van der Waals surface area contributed by atoms with Crippen LogP contribution >= 0.6 is 34.7 Å². The number of nitrogens with one attached hydrogen (secondary N) is 1. The van der Waals surface area contributed by atoms with Crippen molar-refractivity contribution < 1.29 is 4.92 Å². The van der Waals surface area contributed by atoms with Gasteiger partial charge in [-0.2, -0.15) is 5.10 Å². The standard InChI is InChI=1S/C18H15ClN4O2S2/c1-12-10-27-18(21-12)22-20-9-14-8-16(23(24)25)6-7-17(14)26-11-13-2-4-15(19)5-3-13/h2-10H,11H2,1H3,(H,21,22). The van der Waals surface area contributed by atoms with Crippen molar-refractivity contribution in [3.05, 3.63) is 79.8 Å². The van der Waals surface area contributed by atoms with E-state index >= 15 is 0 Å². The van der Waals surface area contributed by atoms with Crippen molar-refractivity contribution in [1.82, 2.24) is 4.98 Å². The minimum absolute atomic E-state index is 0.0254. The lowest BCUT2D eigenvalue weighted by Gasteiger charge is -2.06. The second-order valence-electron chi connectivity index (χ2n) is 5.56. The molecule has 0 aliphatic carbocycles. The molecule has 0 saturated heterocycles. The van der Waals surface area contributed by atoms with E-state index in [0.29, 0.717) is 15.7 Å². The van der Waals surface area contributed by atoms with Gasteiger partial charge in [-0.05, 0) is 30.7 Å². The third kappa shape index (κ3) is 5.53. The van der Waals surface area contributed by atoms with E-state index < -0.39 is 4.92 Å². The van der Waals surface area contributed by atoms with Gasteiger partial charge in [-0.15, -0.1) is 23.1 Å². The molecular formula is C18H15ClN4O2S2. The van der Waals surface area contributed by atoms with Gasteiger partial charge in [0.2, 0.25) is 5.13 Å². The van der Waals surface area contributed by atoms with Gasteiger partial charge >= 0.3 is 0 Å². The molecule has 1 N–H and O–H groups in total. The number of nitro groups is 1. The van der Waals surface area contributed by atoms with Crippen molar-refractivity contribution in [2.75, 3.05) is 5.43 Å². The number of anilines is 1. The van der Waals surface area contributed by atoms with Gasteiger partial charge < -0.3 is 0 Å². The summed E-state index contributed by atoms with van der Waals surface area (Å²) in [4.78, 5) is 15.8. The number of rotatable bonds is 7. The van der Waals surface area contributed by atoms with Crippen LogP contribution in [0.25, 0.3) is 0 Å². The Morgan fingerprint density at radius 1 is 1.33 bits per heavy atom. The van der Waals surface area contributed by atoms with E-state index in [0.717, 1.165) is 21.9 Å². The topological polar surface area (TPSA) is 80.4 Å². The molecule has 0 unspecified atom stereocenters. The fraction of sp³-hybridized carbons (Fsp3) is 0.111. The summed E-state index contributed by atoms with van der Waals surface area (Å²) in [6.45, 7) is 1.90. The first-order chi connectivity index (χ1) is 13.0. The molecule has 2 aromatic carbocycles. The van der Waals surface area contributed by atoms with Crippen LogP contribution in [0, 0.1) is 17.0 Å². The molecule has 3 aromatic rings. The smallest absolute Gasteiger partial charge is 0.258 e. The lowest BCUT2D eigenvalue weighted by Crippen LogP contribution is -1.95. The zero-order valence-electron chi connectivity index (χ0n) is 14.3. The van der Waals surface area contributed by atoms with Crippen LogP contribution in [0.2, 0.25) is 5.02 Å². The first-order valence-electron chi connectivity index (χ1n) is 7.88. The molecule has 0 atom stereocenters. The highest BCUT2D eigenvalue weighted by atomic mass is 35.5. The zero-order chi connectivity index (χ0) is 19.2. The molecule has 1 heterocycles. The minimum Gasteiger partial charge on any atom is -0.258 e. The molecular weight excluding hydrogens is 404 g/mol. The highest BCUT2D eigenvalue weighted by Crippen LogP contribution is 2.29. The Morgan fingerprint density at radius 3 is 2.78 bits per heavy atom. The van der Waals surface area contributed by atoms with E-state index in [2.05, 4.69) is 15.5 Å². The molecule has 0 spiro atoms. The number of halogens is 1. The average molecular weight is 419 g/mol. The molecule has 9 heteroatoms. The number of aryl methyl sites for hydroxylation is 1. The van der Waals surface area contributed by atoms with E-state index in [1.807, 2.05) is 36.6 Å². The summed E-state index contributed by atoms with van der Waals surface area (Å²) in [6.07, 6.45) is 1.58. The van der Waals surface area contributed by atoms with Crippen LogP contribution in [0.5, 0.6) is 0 Å². The van der Waals surface area contributed by atoms with Crippen LogP contribution in [0.4, 0.5) is 10.8 Å². The molecule has 0 aliphatic heterocycles. The molecule has 0 radical (unpaired) electrons. The van der Waals surface area contributed by atoms with Crippen LogP contribution < -0.4 is 5.43 Å². The lowest BCUT2D eigenvalue weighted by molar-refractivity contribution is -0.384. The van der Waals surface area contributed by atoms with Crippen LogP contribution in [0.15, 0.2) is 57.8 Å². The Morgan fingerprint density at radius 2 is 2.11 bits per heavy atom. The summed E-state index contributed by atoms with van der Waals surface area (Å²) in [5, 5.41) is 18.5. The molecule has 0 saturated carbocycles. The van der Waals surface area contributed by atoms with Gasteiger partial charge in [0.25, 0.3) is 5.69 Å². The highest BCUT2D eigenvalue weighted by Gasteiger charge is 2.10. The molecule has 0 bridgehead atoms. The number of nitro benzene ring substituents is 1. The van der Waals surface area contributed by atoms with Gasteiger partial charge in [0.05, 0.1) is 16.8 Å². The Hall–Kier alpha value is -2.42. The van der Waals surface area contributed by atoms with E-state index in [1.165, 1.54) is 23.5 Å². The summed E-state index contributed by atoms with van der Waals surface area (Å²) < 4.78 is 0. The van der Waals surface area contributed by atoms with Crippen molar-refractivity contribution in [1.29, 1.82) is 0 Å². The largest absolute Gasteiger partial charge is 0.270 e. The van der Waals surface area contributed by atoms with Gasteiger partial charge in [0.1, 0.15) is 0 Å². The number of nitrogens with zero attached hydrogens (tertiary/aromatic N) is 3. The number of thioether (sulfide) groups is 1. The number of thiazole rings is 1. The van der Waals surface area contributed by atoms with Gasteiger partial charge in [-0.25, -0.2) is 4.98 Å². The average Bonchev–Trinajstić information content (AvgIpc) is 3.07. The van der Waals surface area contributed by atoms with Crippen molar-refractivity contribution >= 4 is 51.7 Å². The molecule has 0 fully saturated rings. The number of non-ortho nitro benzene ring substituents is 1. The molecule has 138 valence electrons. The third-order valence-electron chi connectivity index (χ3n) is 3.49. The number of hydrazone groups is 1. The number of hydrogen-bond donors (Lipinski definition) is 1. The molecule has 27 heavy (non-hydrogen) atoms.